The van der Waals surface area contributed by atoms with Crippen molar-refractivity contribution in [3.05, 3.63) is 51.7 Å². The topological polar surface area (TPSA) is 152 Å². The number of nitrogens with one attached hydrogen (secondary N) is 1. The van der Waals surface area contributed by atoms with Gasteiger partial charge in [-0.05, 0) is 18.6 Å². The van der Waals surface area contributed by atoms with E-state index in [2.05, 4.69) is 15.3 Å². The van der Waals surface area contributed by atoms with E-state index in [9.17, 15) is 19.7 Å². The van der Waals surface area contributed by atoms with Crippen molar-refractivity contribution in [1.29, 1.82) is 0 Å². The summed E-state index contributed by atoms with van der Waals surface area (Å²) >= 11 is 0. The van der Waals surface area contributed by atoms with Crippen LogP contribution < -0.4 is 14.8 Å². The molecule has 12 nitrogen and oxygen atoms in total. The van der Waals surface area contributed by atoms with Crippen molar-refractivity contribution >= 4 is 17.7 Å². The number of non-ortho nitro benzene ring substituents is 1. The van der Waals surface area contributed by atoms with Crippen molar-refractivity contribution in [2.45, 2.75) is 50.9 Å². The molecule has 3 rings (SSSR count). The molecule has 0 saturated carbocycles. The van der Waals surface area contributed by atoms with Gasteiger partial charge in [-0.3, -0.25) is 10.1 Å². The molecule has 0 aliphatic carbocycles. The molecular weight excluding hydrogens is 448 g/mol. The third kappa shape index (κ3) is 6.09. The summed E-state index contributed by atoms with van der Waals surface area (Å²) in [5.41, 5.74) is 0.193. The number of benzene rings is 1. The van der Waals surface area contributed by atoms with Crippen LogP contribution in [-0.4, -0.2) is 53.3 Å². The van der Waals surface area contributed by atoms with E-state index in [1.54, 1.807) is 0 Å². The van der Waals surface area contributed by atoms with E-state index in [1.165, 1.54) is 44.6 Å². The lowest BCUT2D eigenvalue weighted by Crippen LogP contribution is -2.49. The van der Waals surface area contributed by atoms with Crippen LogP contribution in [0.4, 0.5) is 10.5 Å². The highest BCUT2D eigenvalue weighted by molar-refractivity contribution is 5.89. The van der Waals surface area contributed by atoms with Gasteiger partial charge in [0.1, 0.15) is 6.10 Å². The van der Waals surface area contributed by atoms with E-state index in [-0.39, 0.29) is 34.9 Å². The third-order valence-corrected chi connectivity index (χ3v) is 5.27. The monoisotopic (exact) mass is 474 g/mol. The second-order valence-corrected chi connectivity index (χ2v) is 7.61. The molecule has 1 N–H and O–H groups in total. The Morgan fingerprint density at radius 1 is 1.26 bits per heavy atom. The van der Waals surface area contributed by atoms with Crippen LogP contribution in [0.15, 0.2) is 30.3 Å². The van der Waals surface area contributed by atoms with E-state index in [0.29, 0.717) is 12.8 Å². The van der Waals surface area contributed by atoms with E-state index in [0.717, 1.165) is 12.8 Å². The molecule has 1 amide bonds. The highest BCUT2D eigenvalue weighted by atomic mass is 16.6. The highest BCUT2D eigenvalue weighted by Gasteiger charge is 2.37. The first-order chi connectivity index (χ1) is 16.3. The maximum atomic E-state index is 13.0. The van der Waals surface area contributed by atoms with Gasteiger partial charge in [0.15, 0.2) is 6.10 Å². The third-order valence-electron chi connectivity index (χ3n) is 5.27. The number of cyclic esters (lactones) is 1. The number of rotatable bonds is 10. The first-order valence-electron chi connectivity index (χ1n) is 10.7. The summed E-state index contributed by atoms with van der Waals surface area (Å²) in [4.78, 5) is 43.9. The summed E-state index contributed by atoms with van der Waals surface area (Å²) in [6, 6.07) is 5.83. The molecule has 2 heterocycles. The van der Waals surface area contributed by atoms with Gasteiger partial charge in [0.25, 0.3) is 5.69 Å². The molecule has 0 radical (unpaired) electrons. The summed E-state index contributed by atoms with van der Waals surface area (Å²) in [7, 11) is 2.80. The van der Waals surface area contributed by atoms with Gasteiger partial charge in [-0.25, -0.2) is 9.59 Å². The van der Waals surface area contributed by atoms with Gasteiger partial charge in [0.2, 0.25) is 5.88 Å². The lowest BCUT2D eigenvalue weighted by atomic mass is 9.96. The minimum Gasteiger partial charge on any atom is -0.481 e. The number of nitro benzene ring substituents is 1. The molecule has 1 saturated heterocycles. The predicted octanol–water partition coefficient (Wildman–Crippen LogP) is 3.36. The fourth-order valence-electron chi connectivity index (χ4n) is 3.55. The average Bonchev–Trinajstić information content (AvgIpc) is 2.85. The number of aromatic nitrogens is 2. The Kier molecular flexibility index (Phi) is 8.17. The number of carbonyl (C=O) groups is 2. The van der Waals surface area contributed by atoms with Crippen LogP contribution >= 0.6 is 0 Å². The molecule has 1 aliphatic rings. The highest BCUT2D eigenvalue weighted by Crippen LogP contribution is 2.31. The van der Waals surface area contributed by atoms with Gasteiger partial charge < -0.3 is 24.3 Å². The van der Waals surface area contributed by atoms with E-state index >= 15 is 0 Å². The van der Waals surface area contributed by atoms with Gasteiger partial charge in [-0.15, -0.1) is 0 Å². The lowest BCUT2D eigenvalue weighted by molar-refractivity contribution is -0.384. The molecule has 12 heteroatoms. The number of nitro groups is 1. The van der Waals surface area contributed by atoms with Crippen molar-refractivity contribution < 1.29 is 33.5 Å². The van der Waals surface area contributed by atoms with Crippen molar-refractivity contribution in [1.82, 2.24) is 15.3 Å². The van der Waals surface area contributed by atoms with Crippen molar-refractivity contribution in [3.63, 3.8) is 0 Å². The maximum absolute atomic E-state index is 13.0. The number of alkyl carbamates (subject to hydrolysis) is 1. The second kappa shape index (κ2) is 11.3. The summed E-state index contributed by atoms with van der Waals surface area (Å²) in [5, 5.41) is 13.6. The number of esters is 1. The SMILES string of the molecule is CCCC[C@@H]1C[C@H]([C@H](OC(=O)c2ccc([N+](=O)[O-])cc2)c2cc(OC)nc(OC)n2)NC(=O)O1. The maximum Gasteiger partial charge on any atom is 0.407 e. The molecule has 1 aliphatic heterocycles. The van der Waals surface area contributed by atoms with Crippen molar-refractivity contribution in [2.75, 3.05) is 14.2 Å². The van der Waals surface area contributed by atoms with Crippen LogP contribution in [0.1, 0.15) is 54.8 Å². The number of amides is 1. The number of unbranched alkanes of at least 4 members (excludes halogenated alkanes) is 1. The molecule has 1 aromatic heterocycles. The van der Waals surface area contributed by atoms with Gasteiger partial charge in [-0.2, -0.15) is 9.97 Å². The molecule has 1 aromatic carbocycles. The van der Waals surface area contributed by atoms with E-state index in [4.69, 9.17) is 18.9 Å². The van der Waals surface area contributed by atoms with Crippen LogP contribution in [0.2, 0.25) is 0 Å². The Bertz CT molecular complexity index is 1010. The number of nitrogens with zero attached hydrogens (tertiary/aromatic N) is 3. The van der Waals surface area contributed by atoms with Crippen LogP contribution in [0, 0.1) is 10.1 Å². The largest absolute Gasteiger partial charge is 0.481 e. The smallest absolute Gasteiger partial charge is 0.407 e. The standard InChI is InChI=1S/C22H26N4O8/c1-4-5-6-15-11-16(24-22(28)33-15)19(17-12-18(31-2)25-21(23-17)32-3)34-20(27)13-7-9-14(10-8-13)26(29)30/h7-10,12,15-16,19H,4-6,11H2,1-3H3,(H,24,28)/t15-,16-,19+/m1/s1. The molecule has 34 heavy (non-hydrogen) atoms. The summed E-state index contributed by atoms with van der Waals surface area (Å²) in [6.07, 6.45) is 0.827. The van der Waals surface area contributed by atoms with Crippen LogP contribution in [0.3, 0.4) is 0 Å². The molecular formula is C22H26N4O8. The molecule has 1 fully saturated rings. The summed E-state index contributed by atoms with van der Waals surface area (Å²) in [6.45, 7) is 2.04. The minimum atomic E-state index is -1.04. The average molecular weight is 474 g/mol. The number of hydrogen-bond donors (Lipinski definition) is 1. The van der Waals surface area contributed by atoms with Crippen LogP contribution in [0.25, 0.3) is 0 Å². The first-order valence-corrected chi connectivity index (χ1v) is 10.7. The Balaban J connectivity index is 1.94. The zero-order valence-electron chi connectivity index (χ0n) is 19.1. The Morgan fingerprint density at radius 3 is 2.62 bits per heavy atom. The Morgan fingerprint density at radius 2 is 2.00 bits per heavy atom. The number of hydrogen-bond acceptors (Lipinski definition) is 10. The second-order valence-electron chi connectivity index (χ2n) is 7.61. The predicted molar refractivity (Wildman–Crippen MR) is 118 cm³/mol. The van der Waals surface area contributed by atoms with E-state index in [1.807, 2.05) is 6.92 Å². The lowest BCUT2D eigenvalue weighted by Gasteiger charge is -2.34. The first kappa shape index (κ1) is 24.7. The quantitative estimate of drug-likeness (QED) is 0.308. The summed E-state index contributed by atoms with van der Waals surface area (Å²) < 4.78 is 21.5. The number of carbonyl (C=O) groups excluding carboxylic acids is 2. The fraction of sp³-hybridized carbons (Fsp3) is 0.455. The molecule has 3 atom stereocenters. The zero-order valence-corrected chi connectivity index (χ0v) is 19.1. The number of ether oxygens (including phenoxy) is 4. The fourth-order valence-corrected chi connectivity index (χ4v) is 3.55. The normalized spacial score (nSPS) is 18.3. The molecule has 182 valence electrons. The van der Waals surface area contributed by atoms with Gasteiger partial charge in [-0.1, -0.05) is 19.8 Å². The molecule has 0 unspecified atom stereocenters. The van der Waals surface area contributed by atoms with Crippen molar-refractivity contribution in [3.8, 4) is 11.9 Å². The van der Waals surface area contributed by atoms with Gasteiger partial charge >= 0.3 is 18.1 Å². The minimum absolute atomic E-state index is 0.00773. The Labute approximate surface area is 195 Å². The van der Waals surface area contributed by atoms with Crippen LogP contribution in [0.5, 0.6) is 11.9 Å². The molecule has 0 bridgehead atoms. The van der Waals surface area contributed by atoms with E-state index < -0.39 is 29.1 Å². The zero-order chi connectivity index (χ0) is 24.7. The van der Waals surface area contributed by atoms with Crippen LogP contribution in [-0.2, 0) is 9.47 Å². The van der Waals surface area contributed by atoms with Crippen molar-refractivity contribution in [2.24, 2.45) is 0 Å². The number of methoxy groups -OCH3 is 2. The van der Waals surface area contributed by atoms with Gasteiger partial charge in [0, 0.05) is 24.6 Å². The summed E-state index contributed by atoms with van der Waals surface area (Å²) in [5.74, 6) is -0.568. The Hall–Kier alpha value is -3.96. The molecule has 2 aromatic rings. The molecule has 0 spiro atoms. The van der Waals surface area contributed by atoms with Gasteiger partial charge in [0.05, 0.1) is 36.4 Å².